The number of nitrogens with one attached hydrogen (secondary N) is 1. The Morgan fingerprint density at radius 2 is 1.70 bits per heavy atom. The number of ether oxygens (including phenoxy) is 1. The zero-order valence-electron chi connectivity index (χ0n) is 13.9. The second-order valence-electron chi connectivity index (χ2n) is 5.17. The lowest BCUT2D eigenvalue weighted by Gasteiger charge is -2.21. The van der Waals surface area contributed by atoms with E-state index in [4.69, 9.17) is 0 Å². The summed E-state index contributed by atoms with van der Waals surface area (Å²) in [7, 11) is 1.30. The topological polar surface area (TPSA) is 75.7 Å². The van der Waals surface area contributed by atoms with Crippen molar-refractivity contribution in [3.63, 3.8) is 0 Å². The fourth-order valence-corrected chi connectivity index (χ4v) is 2.07. The Kier molecular flexibility index (Phi) is 7.80. The van der Waals surface area contributed by atoms with Gasteiger partial charge in [0.15, 0.2) is 0 Å². The first-order valence-electron chi connectivity index (χ1n) is 7.82. The molecule has 1 aromatic carbocycles. The molecule has 0 spiro atoms. The van der Waals surface area contributed by atoms with Gasteiger partial charge in [-0.1, -0.05) is 20.3 Å². The Morgan fingerprint density at radius 3 is 2.22 bits per heavy atom. The Balaban J connectivity index is 2.69. The minimum Gasteiger partial charge on any atom is -0.465 e. The van der Waals surface area contributed by atoms with Crippen LogP contribution in [-0.4, -0.2) is 42.9 Å². The first-order chi connectivity index (χ1) is 11.0. The highest BCUT2D eigenvalue weighted by Gasteiger charge is 2.20. The van der Waals surface area contributed by atoms with Gasteiger partial charge >= 0.3 is 17.8 Å². The highest BCUT2D eigenvalue weighted by atomic mass is 16.5. The van der Waals surface area contributed by atoms with Gasteiger partial charge in [-0.05, 0) is 37.1 Å². The summed E-state index contributed by atoms with van der Waals surface area (Å²) >= 11 is 0. The maximum absolute atomic E-state index is 12.2. The monoisotopic (exact) mass is 320 g/mol. The molecule has 6 nitrogen and oxygen atoms in total. The first kappa shape index (κ1) is 18.7. The van der Waals surface area contributed by atoms with Crippen molar-refractivity contribution in [1.82, 2.24) is 4.90 Å². The number of methoxy groups -OCH3 is 1. The van der Waals surface area contributed by atoms with Crippen molar-refractivity contribution in [1.29, 1.82) is 0 Å². The number of hydrogen-bond acceptors (Lipinski definition) is 4. The summed E-state index contributed by atoms with van der Waals surface area (Å²) in [6, 6.07) is 6.20. The number of carbonyl (C=O) groups is 3. The van der Waals surface area contributed by atoms with E-state index in [-0.39, 0.29) is 0 Å². The molecular weight excluding hydrogens is 296 g/mol. The number of amides is 2. The van der Waals surface area contributed by atoms with Crippen LogP contribution in [0.1, 0.15) is 43.5 Å². The molecule has 6 heteroatoms. The molecule has 2 amide bonds. The van der Waals surface area contributed by atoms with Gasteiger partial charge in [0.1, 0.15) is 0 Å². The average molecular weight is 320 g/mol. The molecule has 0 heterocycles. The summed E-state index contributed by atoms with van der Waals surface area (Å²) in [6.07, 6.45) is 2.63. The van der Waals surface area contributed by atoms with Crippen molar-refractivity contribution in [3.05, 3.63) is 29.8 Å². The van der Waals surface area contributed by atoms with Crippen LogP contribution in [0.3, 0.4) is 0 Å². The molecule has 0 bridgehead atoms. The molecule has 1 rings (SSSR count). The van der Waals surface area contributed by atoms with Gasteiger partial charge in [-0.3, -0.25) is 9.59 Å². The van der Waals surface area contributed by atoms with Crippen LogP contribution < -0.4 is 5.32 Å². The lowest BCUT2D eigenvalue weighted by Crippen LogP contribution is -2.40. The van der Waals surface area contributed by atoms with E-state index < -0.39 is 17.8 Å². The van der Waals surface area contributed by atoms with Gasteiger partial charge < -0.3 is 15.0 Å². The SMILES string of the molecule is CCCCN(CCC)C(=O)C(=O)Nc1ccc(C(=O)OC)cc1. The van der Waals surface area contributed by atoms with E-state index in [1.165, 1.54) is 19.2 Å². The summed E-state index contributed by atoms with van der Waals surface area (Å²) in [6.45, 7) is 5.15. The Bertz CT molecular complexity index is 540. The smallest absolute Gasteiger partial charge is 0.337 e. The van der Waals surface area contributed by atoms with Crippen LogP contribution in [-0.2, 0) is 14.3 Å². The molecule has 0 radical (unpaired) electrons. The van der Waals surface area contributed by atoms with E-state index in [2.05, 4.69) is 10.1 Å². The predicted octanol–water partition coefficient (Wildman–Crippen LogP) is 2.45. The van der Waals surface area contributed by atoms with Crippen LogP contribution in [0.15, 0.2) is 24.3 Å². The van der Waals surface area contributed by atoms with Crippen LogP contribution in [0.25, 0.3) is 0 Å². The molecule has 0 saturated heterocycles. The second kappa shape index (κ2) is 9.61. The summed E-state index contributed by atoms with van der Waals surface area (Å²) in [5.41, 5.74) is 0.843. The van der Waals surface area contributed by atoms with Gasteiger partial charge in [0, 0.05) is 18.8 Å². The third-order valence-corrected chi connectivity index (χ3v) is 3.32. The van der Waals surface area contributed by atoms with Gasteiger partial charge in [0.25, 0.3) is 0 Å². The van der Waals surface area contributed by atoms with Gasteiger partial charge in [0.05, 0.1) is 12.7 Å². The number of rotatable bonds is 7. The number of esters is 1. The maximum atomic E-state index is 12.2. The summed E-state index contributed by atoms with van der Waals surface area (Å²) < 4.78 is 4.60. The largest absolute Gasteiger partial charge is 0.465 e. The molecule has 0 aliphatic heterocycles. The maximum Gasteiger partial charge on any atom is 0.337 e. The molecule has 0 atom stereocenters. The number of benzene rings is 1. The highest BCUT2D eigenvalue weighted by molar-refractivity contribution is 6.39. The lowest BCUT2D eigenvalue weighted by atomic mass is 10.2. The van der Waals surface area contributed by atoms with Crippen LogP contribution >= 0.6 is 0 Å². The first-order valence-corrected chi connectivity index (χ1v) is 7.82. The second-order valence-corrected chi connectivity index (χ2v) is 5.17. The number of unbranched alkanes of at least 4 members (excludes halogenated alkanes) is 1. The summed E-state index contributed by atoms with van der Waals surface area (Å²) in [5, 5.41) is 2.56. The third kappa shape index (κ3) is 5.73. The molecule has 126 valence electrons. The molecule has 1 aromatic rings. The van der Waals surface area contributed by atoms with Crippen LogP contribution in [0.5, 0.6) is 0 Å². The molecule has 0 aliphatic rings. The molecule has 1 N–H and O–H groups in total. The minimum absolute atomic E-state index is 0.382. The van der Waals surface area contributed by atoms with E-state index in [9.17, 15) is 14.4 Å². The standard InChI is InChI=1S/C17H24N2O4/c1-4-6-12-19(11-5-2)16(21)15(20)18-14-9-7-13(8-10-14)17(22)23-3/h7-10H,4-6,11-12H2,1-3H3,(H,18,20). The van der Waals surface area contributed by atoms with Crippen molar-refractivity contribution in [3.8, 4) is 0 Å². The molecule has 0 fully saturated rings. The van der Waals surface area contributed by atoms with E-state index in [1.54, 1.807) is 17.0 Å². The van der Waals surface area contributed by atoms with Gasteiger partial charge in [-0.15, -0.1) is 0 Å². The molecule has 0 saturated carbocycles. The fraction of sp³-hybridized carbons (Fsp3) is 0.471. The van der Waals surface area contributed by atoms with Crippen LogP contribution in [0.2, 0.25) is 0 Å². The van der Waals surface area contributed by atoms with E-state index >= 15 is 0 Å². The van der Waals surface area contributed by atoms with Crippen molar-refractivity contribution < 1.29 is 19.1 Å². The third-order valence-electron chi connectivity index (χ3n) is 3.32. The number of anilines is 1. The normalized spacial score (nSPS) is 10.0. The van der Waals surface area contributed by atoms with Gasteiger partial charge in [-0.25, -0.2) is 4.79 Å². The van der Waals surface area contributed by atoms with Gasteiger partial charge in [0.2, 0.25) is 0 Å². The van der Waals surface area contributed by atoms with E-state index in [0.29, 0.717) is 24.3 Å². The van der Waals surface area contributed by atoms with Crippen molar-refractivity contribution in [2.24, 2.45) is 0 Å². The zero-order chi connectivity index (χ0) is 17.2. The fourth-order valence-electron chi connectivity index (χ4n) is 2.07. The number of nitrogens with zero attached hydrogens (tertiary/aromatic N) is 1. The molecule has 0 unspecified atom stereocenters. The highest BCUT2D eigenvalue weighted by Crippen LogP contribution is 2.11. The molecule has 0 aromatic heterocycles. The zero-order valence-corrected chi connectivity index (χ0v) is 13.9. The van der Waals surface area contributed by atoms with Crippen molar-refractivity contribution in [2.75, 3.05) is 25.5 Å². The Morgan fingerprint density at radius 1 is 1.04 bits per heavy atom. The van der Waals surface area contributed by atoms with Crippen LogP contribution in [0, 0.1) is 0 Å². The van der Waals surface area contributed by atoms with E-state index in [0.717, 1.165) is 19.3 Å². The number of carbonyl (C=O) groups excluding carboxylic acids is 3. The van der Waals surface area contributed by atoms with Crippen molar-refractivity contribution >= 4 is 23.5 Å². The average Bonchev–Trinajstić information content (AvgIpc) is 2.57. The van der Waals surface area contributed by atoms with Crippen LogP contribution in [0.4, 0.5) is 5.69 Å². The Labute approximate surface area is 136 Å². The predicted molar refractivity (Wildman–Crippen MR) is 88.2 cm³/mol. The molecule has 23 heavy (non-hydrogen) atoms. The Hall–Kier alpha value is -2.37. The lowest BCUT2D eigenvalue weighted by molar-refractivity contribution is -0.143. The minimum atomic E-state index is -0.666. The molecule has 0 aliphatic carbocycles. The van der Waals surface area contributed by atoms with Crippen molar-refractivity contribution in [2.45, 2.75) is 33.1 Å². The van der Waals surface area contributed by atoms with E-state index in [1.807, 2.05) is 13.8 Å². The quantitative estimate of drug-likeness (QED) is 0.618. The number of hydrogen-bond donors (Lipinski definition) is 1. The van der Waals surface area contributed by atoms with Gasteiger partial charge in [-0.2, -0.15) is 0 Å². The molecular formula is C17H24N2O4. The summed E-state index contributed by atoms with van der Waals surface area (Å²) in [5.74, 6) is -1.65. The summed E-state index contributed by atoms with van der Waals surface area (Å²) in [4.78, 5) is 37.2.